The molecular formula is C8H3BrF4O2. The zero-order chi connectivity index (χ0) is 11.3. The molecule has 0 saturated heterocycles. The van der Waals surface area contributed by atoms with E-state index in [2.05, 4.69) is 25.4 Å². The van der Waals surface area contributed by atoms with Gasteiger partial charge in [-0.25, -0.2) is 4.74 Å². The fourth-order valence-electron chi connectivity index (χ4n) is 1.17. The van der Waals surface area contributed by atoms with Crippen LogP contribution < -0.4 is 4.74 Å². The molecule has 1 aliphatic rings. The summed E-state index contributed by atoms with van der Waals surface area (Å²) in [4.78, 5) is 0. The Morgan fingerprint density at radius 1 is 1.13 bits per heavy atom. The molecule has 0 spiro atoms. The first-order valence-electron chi connectivity index (χ1n) is 3.75. The van der Waals surface area contributed by atoms with E-state index in [0.29, 0.717) is 4.47 Å². The van der Waals surface area contributed by atoms with Crippen LogP contribution in [0.5, 0.6) is 5.75 Å². The van der Waals surface area contributed by atoms with E-state index in [1.165, 1.54) is 6.07 Å². The Labute approximate surface area is 89.9 Å². The molecule has 0 saturated carbocycles. The van der Waals surface area contributed by atoms with E-state index in [9.17, 15) is 17.6 Å². The fraction of sp³-hybridized carbons (Fsp3) is 0.250. The first-order valence-corrected chi connectivity index (χ1v) is 4.54. The Morgan fingerprint density at radius 2 is 1.80 bits per heavy atom. The van der Waals surface area contributed by atoms with Crippen molar-refractivity contribution >= 4 is 15.9 Å². The molecule has 1 heterocycles. The highest BCUT2D eigenvalue weighted by Crippen LogP contribution is 2.46. The van der Waals surface area contributed by atoms with Crippen LogP contribution in [0.2, 0.25) is 0 Å². The molecule has 1 aromatic rings. The lowest BCUT2D eigenvalue weighted by Crippen LogP contribution is -2.41. The number of alkyl halides is 4. The fourth-order valence-corrected chi connectivity index (χ4v) is 1.53. The van der Waals surface area contributed by atoms with Gasteiger partial charge < -0.3 is 4.74 Å². The molecule has 0 unspecified atom stereocenters. The lowest BCUT2D eigenvalue weighted by molar-refractivity contribution is -0.461. The third kappa shape index (κ3) is 1.93. The second-order valence-corrected chi connectivity index (χ2v) is 3.74. The van der Waals surface area contributed by atoms with Crippen LogP contribution >= 0.6 is 15.9 Å². The average Bonchev–Trinajstić information content (AvgIpc) is 2.03. The van der Waals surface area contributed by atoms with E-state index in [-0.39, 0.29) is 0 Å². The predicted octanol–water partition coefficient (Wildman–Crippen LogP) is 3.46. The number of benzene rings is 1. The van der Waals surface area contributed by atoms with Gasteiger partial charge in [0.25, 0.3) is 0 Å². The van der Waals surface area contributed by atoms with Gasteiger partial charge in [-0.15, -0.1) is 8.78 Å². The molecule has 82 valence electrons. The number of ether oxygens (including phenoxy) is 2. The highest BCUT2D eigenvalue weighted by atomic mass is 79.9. The van der Waals surface area contributed by atoms with E-state index in [0.717, 1.165) is 12.1 Å². The van der Waals surface area contributed by atoms with Gasteiger partial charge in [-0.3, -0.25) is 0 Å². The first-order chi connectivity index (χ1) is 6.80. The SMILES string of the molecule is FC1(F)Oc2ccc(Br)cc2C(F)(F)O1. The standard InChI is InChI=1S/C8H3BrF4O2/c9-4-1-2-6-5(3-4)7(10,11)15-8(12,13)14-6/h1-3H. The van der Waals surface area contributed by atoms with Crippen LogP contribution in [0.4, 0.5) is 17.6 Å². The van der Waals surface area contributed by atoms with E-state index in [1.807, 2.05) is 0 Å². The zero-order valence-corrected chi connectivity index (χ0v) is 8.52. The van der Waals surface area contributed by atoms with Crippen molar-refractivity contribution in [2.45, 2.75) is 12.4 Å². The summed E-state index contributed by atoms with van der Waals surface area (Å²) in [5.41, 5.74) is -0.734. The summed E-state index contributed by atoms with van der Waals surface area (Å²) in [7, 11) is 0. The number of hydrogen-bond donors (Lipinski definition) is 0. The molecule has 0 radical (unpaired) electrons. The topological polar surface area (TPSA) is 18.5 Å². The van der Waals surface area contributed by atoms with Crippen molar-refractivity contribution < 1.29 is 27.0 Å². The molecule has 0 fully saturated rings. The maximum absolute atomic E-state index is 13.1. The summed E-state index contributed by atoms with van der Waals surface area (Å²) in [6.45, 7) is 0. The number of fused-ring (bicyclic) bond motifs is 1. The van der Waals surface area contributed by atoms with Gasteiger partial charge in [0.2, 0.25) is 0 Å². The minimum absolute atomic E-state index is 0.318. The summed E-state index contributed by atoms with van der Waals surface area (Å²) < 4.78 is 58.7. The van der Waals surface area contributed by atoms with Gasteiger partial charge in [-0.05, 0) is 18.2 Å². The summed E-state index contributed by atoms with van der Waals surface area (Å²) >= 11 is 2.94. The second kappa shape index (κ2) is 3.08. The van der Waals surface area contributed by atoms with Gasteiger partial charge >= 0.3 is 12.4 Å². The minimum atomic E-state index is -4.32. The van der Waals surface area contributed by atoms with Crippen LogP contribution in [-0.2, 0) is 10.8 Å². The molecule has 1 aliphatic heterocycles. The van der Waals surface area contributed by atoms with Crippen molar-refractivity contribution in [1.29, 1.82) is 0 Å². The van der Waals surface area contributed by atoms with Crippen molar-refractivity contribution in [1.82, 2.24) is 0 Å². The Kier molecular flexibility index (Phi) is 2.20. The lowest BCUT2D eigenvalue weighted by atomic mass is 10.2. The summed E-state index contributed by atoms with van der Waals surface area (Å²) in [5.74, 6) is -0.598. The smallest absolute Gasteiger partial charge is 0.409 e. The largest absolute Gasteiger partial charge is 0.540 e. The highest BCUT2D eigenvalue weighted by molar-refractivity contribution is 9.10. The van der Waals surface area contributed by atoms with E-state index < -0.39 is 23.7 Å². The van der Waals surface area contributed by atoms with E-state index in [1.54, 1.807) is 0 Å². The molecule has 15 heavy (non-hydrogen) atoms. The quantitative estimate of drug-likeness (QED) is 0.680. The van der Waals surface area contributed by atoms with Crippen LogP contribution in [0, 0.1) is 0 Å². The lowest BCUT2D eigenvalue weighted by Gasteiger charge is -2.30. The molecule has 2 nitrogen and oxygen atoms in total. The molecule has 0 atom stereocenters. The Hall–Kier alpha value is -0.820. The number of rotatable bonds is 0. The van der Waals surface area contributed by atoms with Gasteiger partial charge in [0.1, 0.15) is 5.75 Å². The van der Waals surface area contributed by atoms with Crippen molar-refractivity contribution in [2.24, 2.45) is 0 Å². The van der Waals surface area contributed by atoms with E-state index in [4.69, 9.17) is 0 Å². The van der Waals surface area contributed by atoms with Crippen LogP contribution in [0.1, 0.15) is 5.56 Å². The Balaban J connectivity index is 2.55. The third-order valence-corrected chi connectivity index (χ3v) is 2.22. The van der Waals surface area contributed by atoms with Crippen LogP contribution in [0.15, 0.2) is 22.7 Å². The van der Waals surface area contributed by atoms with Crippen molar-refractivity contribution in [3.8, 4) is 5.75 Å². The predicted molar refractivity (Wildman–Crippen MR) is 44.7 cm³/mol. The van der Waals surface area contributed by atoms with Crippen LogP contribution in [-0.4, -0.2) is 6.29 Å². The van der Waals surface area contributed by atoms with E-state index >= 15 is 0 Å². The van der Waals surface area contributed by atoms with Gasteiger partial charge in [0.15, 0.2) is 0 Å². The highest BCUT2D eigenvalue weighted by Gasteiger charge is 2.54. The Bertz CT molecular complexity index is 408. The average molecular weight is 287 g/mol. The van der Waals surface area contributed by atoms with Gasteiger partial charge in [0, 0.05) is 4.47 Å². The third-order valence-electron chi connectivity index (χ3n) is 1.73. The molecule has 2 rings (SSSR count). The maximum atomic E-state index is 13.1. The molecule has 0 aromatic heterocycles. The van der Waals surface area contributed by atoms with Crippen molar-refractivity contribution in [2.75, 3.05) is 0 Å². The van der Waals surface area contributed by atoms with Crippen molar-refractivity contribution in [3.05, 3.63) is 28.2 Å². The molecule has 1 aromatic carbocycles. The normalized spacial score (nSPS) is 21.7. The molecule has 0 N–H and O–H groups in total. The zero-order valence-electron chi connectivity index (χ0n) is 6.94. The summed E-state index contributed by atoms with van der Waals surface area (Å²) in [5, 5.41) is 0. The molecule has 0 aliphatic carbocycles. The van der Waals surface area contributed by atoms with Gasteiger partial charge in [0.05, 0.1) is 5.56 Å². The summed E-state index contributed by atoms with van der Waals surface area (Å²) in [6.07, 6.45) is -8.38. The minimum Gasteiger partial charge on any atom is -0.409 e. The van der Waals surface area contributed by atoms with Gasteiger partial charge in [-0.2, -0.15) is 8.78 Å². The Morgan fingerprint density at radius 3 is 2.47 bits per heavy atom. The van der Waals surface area contributed by atoms with Gasteiger partial charge in [-0.1, -0.05) is 15.9 Å². The maximum Gasteiger partial charge on any atom is 0.540 e. The monoisotopic (exact) mass is 286 g/mol. The molecular weight excluding hydrogens is 284 g/mol. The number of hydrogen-bond acceptors (Lipinski definition) is 2. The van der Waals surface area contributed by atoms with Crippen LogP contribution in [0.3, 0.4) is 0 Å². The molecule has 0 amide bonds. The first kappa shape index (κ1) is 10.7. The summed E-state index contributed by atoms with van der Waals surface area (Å²) in [6, 6.07) is 3.30. The van der Waals surface area contributed by atoms with Crippen LogP contribution in [0.25, 0.3) is 0 Å². The van der Waals surface area contributed by atoms with Crippen molar-refractivity contribution in [3.63, 3.8) is 0 Å². The molecule has 7 heteroatoms. The number of halogens is 5. The second-order valence-electron chi connectivity index (χ2n) is 2.82. The molecule has 0 bridgehead atoms.